The molecule has 4 nitrogen and oxygen atoms in total. The summed E-state index contributed by atoms with van der Waals surface area (Å²) in [6.45, 7) is 0.0524. The molecule has 114 valence electrons. The third-order valence-corrected chi connectivity index (χ3v) is 3.69. The van der Waals surface area contributed by atoms with Gasteiger partial charge in [-0.05, 0) is 36.6 Å². The fourth-order valence-corrected chi connectivity index (χ4v) is 2.37. The number of carboxylic acid groups (broad SMARTS) is 1. The van der Waals surface area contributed by atoms with Crippen molar-refractivity contribution in [3.63, 3.8) is 0 Å². The Hall–Kier alpha value is -2.50. The normalized spacial score (nSPS) is 14.1. The average molecular weight is 305 g/mol. The molecule has 0 bridgehead atoms. The highest BCUT2D eigenvalue weighted by Crippen LogP contribution is 2.33. The summed E-state index contributed by atoms with van der Waals surface area (Å²) in [5.74, 6) is -3.19. The highest BCUT2D eigenvalue weighted by molar-refractivity contribution is 6.01. The number of rotatable bonds is 5. The topological polar surface area (TPSA) is 59.3 Å². The van der Waals surface area contributed by atoms with Gasteiger partial charge in [-0.2, -0.15) is 0 Å². The smallest absolute Gasteiger partial charge is 0.352 e. The van der Waals surface area contributed by atoms with Gasteiger partial charge in [-0.3, -0.25) is 4.79 Å². The van der Waals surface area contributed by atoms with Gasteiger partial charge in [0.2, 0.25) is 0 Å². The fraction of sp³-hybridized carbons (Fsp3) is 0.250. The molecule has 22 heavy (non-hydrogen) atoms. The molecule has 1 aliphatic carbocycles. The summed E-state index contributed by atoms with van der Waals surface area (Å²) >= 11 is 0. The molecule has 0 radical (unpaired) electrons. The van der Waals surface area contributed by atoms with Crippen molar-refractivity contribution in [3.8, 4) is 0 Å². The van der Waals surface area contributed by atoms with Gasteiger partial charge in [0, 0.05) is 24.2 Å². The number of Topliss-reactive ketones (excluding diaryl/α,β-unsaturated/α-hetero) is 1. The number of carbonyl (C=O) groups is 2. The lowest BCUT2D eigenvalue weighted by molar-refractivity contribution is 0.0685. The van der Waals surface area contributed by atoms with Crippen LogP contribution in [0.15, 0.2) is 30.5 Å². The van der Waals surface area contributed by atoms with E-state index in [-0.39, 0.29) is 23.9 Å². The number of hydrogen-bond acceptors (Lipinski definition) is 2. The van der Waals surface area contributed by atoms with E-state index in [4.69, 9.17) is 0 Å². The molecule has 2 aromatic rings. The second kappa shape index (κ2) is 5.36. The molecule has 3 rings (SSSR count). The van der Waals surface area contributed by atoms with Crippen LogP contribution in [0.4, 0.5) is 8.78 Å². The fourth-order valence-electron chi connectivity index (χ4n) is 2.37. The Kier molecular flexibility index (Phi) is 3.52. The number of benzene rings is 1. The number of hydrogen-bond donors (Lipinski definition) is 1. The molecule has 1 saturated carbocycles. The molecule has 0 aliphatic heterocycles. The Balaban J connectivity index is 1.92. The van der Waals surface area contributed by atoms with Crippen molar-refractivity contribution in [2.24, 2.45) is 5.92 Å². The Morgan fingerprint density at radius 2 is 1.91 bits per heavy atom. The van der Waals surface area contributed by atoms with E-state index in [9.17, 15) is 23.5 Å². The zero-order valence-electron chi connectivity index (χ0n) is 11.6. The third kappa shape index (κ3) is 2.77. The highest BCUT2D eigenvalue weighted by atomic mass is 19.2. The maximum absolute atomic E-state index is 13.2. The van der Waals surface area contributed by atoms with E-state index in [1.165, 1.54) is 22.9 Å². The standard InChI is InChI=1S/C16H13F2NO3/c17-12-4-1-9(5-13(12)18)7-19-8-11(6-14(19)16(21)22)15(20)10-2-3-10/h1,4-6,8,10H,2-3,7H2,(H,21,22). The minimum atomic E-state index is -1.17. The molecule has 1 heterocycles. The summed E-state index contributed by atoms with van der Waals surface area (Å²) in [4.78, 5) is 23.3. The van der Waals surface area contributed by atoms with E-state index >= 15 is 0 Å². The van der Waals surface area contributed by atoms with Crippen LogP contribution in [-0.2, 0) is 6.54 Å². The lowest BCUT2D eigenvalue weighted by Gasteiger charge is -2.06. The van der Waals surface area contributed by atoms with Gasteiger partial charge in [0.05, 0.1) is 0 Å². The molecule has 0 spiro atoms. The van der Waals surface area contributed by atoms with Gasteiger partial charge in [-0.25, -0.2) is 13.6 Å². The van der Waals surface area contributed by atoms with Crippen LogP contribution in [0.5, 0.6) is 0 Å². The van der Waals surface area contributed by atoms with Crippen LogP contribution in [0.25, 0.3) is 0 Å². The van der Waals surface area contributed by atoms with E-state index in [0.717, 1.165) is 25.0 Å². The zero-order valence-corrected chi connectivity index (χ0v) is 11.6. The molecule has 1 aromatic heterocycles. The molecule has 0 amide bonds. The summed E-state index contributed by atoms with van der Waals surface area (Å²) in [7, 11) is 0. The van der Waals surface area contributed by atoms with Crippen molar-refractivity contribution in [3.05, 3.63) is 58.9 Å². The van der Waals surface area contributed by atoms with Gasteiger partial charge < -0.3 is 9.67 Å². The van der Waals surface area contributed by atoms with Crippen LogP contribution in [0.3, 0.4) is 0 Å². The van der Waals surface area contributed by atoms with Gasteiger partial charge >= 0.3 is 5.97 Å². The predicted octanol–water partition coefficient (Wildman–Crippen LogP) is 3.11. The second-order valence-electron chi connectivity index (χ2n) is 5.43. The first-order valence-corrected chi connectivity index (χ1v) is 6.87. The van der Waals surface area contributed by atoms with Crippen LogP contribution in [-0.4, -0.2) is 21.4 Å². The van der Waals surface area contributed by atoms with Gasteiger partial charge in [0.15, 0.2) is 17.4 Å². The Bertz CT molecular complexity index is 763. The maximum atomic E-state index is 13.2. The molecule has 0 saturated heterocycles. The summed E-state index contributed by atoms with van der Waals surface area (Å²) in [5, 5.41) is 9.23. The highest BCUT2D eigenvalue weighted by Gasteiger charge is 2.31. The second-order valence-corrected chi connectivity index (χ2v) is 5.43. The van der Waals surface area contributed by atoms with Gasteiger partial charge in [0.1, 0.15) is 5.69 Å². The molecule has 0 atom stereocenters. The quantitative estimate of drug-likeness (QED) is 0.864. The SMILES string of the molecule is O=C(O)c1cc(C(=O)C2CC2)cn1Cc1ccc(F)c(F)c1. The molecule has 1 aliphatic rings. The van der Waals surface area contributed by atoms with Crippen molar-refractivity contribution in [2.75, 3.05) is 0 Å². The van der Waals surface area contributed by atoms with Crippen molar-refractivity contribution in [1.82, 2.24) is 4.57 Å². The number of carboxylic acids is 1. The summed E-state index contributed by atoms with van der Waals surface area (Å²) < 4.78 is 27.5. The molecule has 0 unspecified atom stereocenters. The van der Waals surface area contributed by atoms with Crippen molar-refractivity contribution < 1.29 is 23.5 Å². The summed E-state index contributed by atoms with van der Waals surface area (Å²) in [6, 6.07) is 4.73. The molecule has 6 heteroatoms. The van der Waals surface area contributed by atoms with Crippen LogP contribution in [0.2, 0.25) is 0 Å². The van der Waals surface area contributed by atoms with Crippen LogP contribution in [0.1, 0.15) is 39.3 Å². The number of halogens is 2. The van der Waals surface area contributed by atoms with Crippen molar-refractivity contribution in [1.29, 1.82) is 0 Å². The molecular formula is C16H13F2NO3. The monoisotopic (exact) mass is 305 g/mol. The Labute approximate surface area is 125 Å². The first kappa shape index (κ1) is 14.4. The Morgan fingerprint density at radius 1 is 1.18 bits per heavy atom. The van der Waals surface area contributed by atoms with E-state index in [1.807, 2.05) is 0 Å². The van der Waals surface area contributed by atoms with Gasteiger partial charge in [0.25, 0.3) is 0 Å². The third-order valence-electron chi connectivity index (χ3n) is 3.69. The lowest BCUT2D eigenvalue weighted by atomic mass is 10.1. The first-order valence-electron chi connectivity index (χ1n) is 6.87. The van der Waals surface area contributed by atoms with Crippen molar-refractivity contribution in [2.45, 2.75) is 19.4 Å². The summed E-state index contributed by atoms with van der Waals surface area (Å²) in [6.07, 6.45) is 3.12. The van der Waals surface area contributed by atoms with E-state index < -0.39 is 17.6 Å². The molecule has 1 aromatic carbocycles. The Morgan fingerprint density at radius 3 is 2.50 bits per heavy atom. The maximum Gasteiger partial charge on any atom is 0.352 e. The van der Waals surface area contributed by atoms with Crippen LogP contribution < -0.4 is 0 Å². The molecule has 1 N–H and O–H groups in total. The van der Waals surface area contributed by atoms with Crippen LogP contribution >= 0.6 is 0 Å². The molecular weight excluding hydrogens is 292 g/mol. The minimum Gasteiger partial charge on any atom is -0.477 e. The van der Waals surface area contributed by atoms with Crippen molar-refractivity contribution >= 4 is 11.8 Å². The lowest BCUT2D eigenvalue weighted by Crippen LogP contribution is -2.08. The van der Waals surface area contributed by atoms with E-state index in [1.54, 1.807) is 0 Å². The van der Waals surface area contributed by atoms with Crippen LogP contribution in [0, 0.1) is 17.6 Å². The number of aromatic nitrogens is 1. The minimum absolute atomic E-state index is 0.0132. The molecule has 1 fully saturated rings. The number of nitrogens with zero attached hydrogens (tertiary/aromatic N) is 1. The zero-order chi connectivity index (χ0) is 15.9. The number of ketones is 1. The number of carbonyl (C=O) groups excluding carboxylic acids is 1. The van der Waals surface area contributed by atoms with Gasteiger partial charge in [-0.1, -0.05) is 6.07 Å². The first-order chi connectivity index (χ1) is 10.5. The summed E-state index contributed by atoms with van der Waals surface area (Å²) in [5.41, 5.74) is 0.721. The van der Waals surface area contributed by atoms with E-state index in [2.05, 4.69) is 0 Å². The predicted molar refractivity (Wildman–Crippen MR) is 73.9 cm³/mol. The average Bonchev–Trinajstić information content (AvgIpc) is 3.23. The van der Waals surface area contributed by atoms with E-state index in [0.29, 0.717) is 11.1 Å². The number of aromatic carboxylic acids is 1. The largest absolute Gasteiger partial charge is 0.477 e. The van der Waals surface area contributed by atoms with Gasteiger partial charge in [-0.15, -0.1) is 0 Å².